The fraction of sp³-hybridized carbons (Fsp3) is 0.200. The first-order valence-corrected chi connectivity index (χ1v) is 5.35. The van der Waals surface area contributed by atoms with Crippen molar-refractivity contribution in [1.29, 1.82) is 0 Å². The summed E-state index contributed by atoms with van der Waals surface area (Å²) in [6.07, 6.45) is 0.730. The van der Waals surface area contributed by atoms with E-state index in [-0.39, 0.29) is 0 Å². The summed E-state index contributed by atoms with van der Waals surface area (Å²) in [5, 5.41) is 3.85. The number of benzene rings is 1. The summed E-state index contributed by atoms with van der Waals surface area (Å²) in [6.45, 7) is 1.80. The molecule has 0 radical (unpaired) electrons. The van der Waals surface area contributed by atoms with Gasteiger partial charge >= 0.3 is 0 Å². The summed E-state index contributed by atoms with van der Waals surface area (Å²) in [7, 11) is 0. The average molecular weight is 300 g/mol. The third-order valence-electron chi connectivity index (χ3n) is 1.82. The highest BCUT2D eigenvalue weighted by molar-refractivity contribution is 14.1. The molecule has 2 rings (SSSR count). The topological polar surface area (TPSA) is 38.9 Å². The van der Waals surface area contributed by atoms with Crippen molar-refractivity contribution < 1.29 is 4.52 Å². The van der Waals surface area contributed by atoms with Crippen LogP contribution < -0.4 is 0 Å². The Morgan fingerprint density at radius 1 is 1.43 bits per heavy atom. The van der Waals surface area contributed by atoms with Crippen LogP contribution >= 0.6 is 22.6 Å². The molecular weight excluding hydrogens is 291 g/mol. The van der Waals surface area contributed by atoms with Crippen molar-refractivity contribution in [3.63, 3.8) is 0 Å². The van der Waals surface area contributed by atoms with E-state index in [1.807, 2.05) is 6.07 Å². The molecule has 0 aliphatic heterocycles. The highest BCUT2D eigenvalue weighted by atomic mass is 127. The minimum Gasteiger partial charge on any atom is -0.340 e. The van der Waals surface area contributed by atoms with E-state index in [0.29, 0.717) is 5.89 Å². The van der Waals surface area contributed by atoms with Crippen LogP contribution in [0.1, 0.15) is 17.3 Å². The Labute approximate surface area is 95.7 Å². The minimum atomic E-state index is 0.616. The Morgan fingerprint density at radius 3 is 2.93 bits per heavy atom. The molecule has 0 fully saturated rings. The molecule has 2 aromatic rings. The Kier molecular flexibility index (Phi) is 2.81. The zero-order valence-electron chi connectivity index (χ0n) is 7.70. The lowest BCUT2D eigenvalue weighted by Gasteiger charge is -1.96. The maximum absolute atomic E-state index is 4.90. The van der Waals surface area contributed by atoms with Crippen molar-refractivity contribution in [1.82, 2.24) is 10.1 Å². The van der Waals surface area contributed by atoms with Crippen LogP contribution in [0.25, 0.3) is 0 Å². The second-order valence-electron chi connectivity index (χ2n) is 3.04. The highest BCUT2D eigenvalue weighted by Gasteiger charge is 2.03. The van der Waals surface area contributed by atoms with Crippen LogP contribution in [-0.4, -0.2) is 10.1 Å². The van der Waals surface area contributed by atoms with Gasteiger partial charge in [-0.1, -0.05) is 17.3 Å². The molecule has 1 aromatic heterocycles. The SMILES string of the molecule is Cc1nc(Cc2cccc(I)c2)no1. The minimum absolute atomic E-state index is 0.616. The van der Waals surface area contributed by atoms with Gasteiger partial charge in [-0.25, -0.2) is 0 Å². The molecule has 1 aromatic carbocycles. The fourth-order valence-electron chi connectivity index (χ4n) is 1.24. The Balaban J connectivity index is 2.18. The van der Waals surface area contributed by atoms with Crippen LogP contribution in [0.15, 0.2) is 28.8 Å². The third-order valence-corrected chi connectivity index (χ3v) is 2.49. The molecule has 0 saturated heterocycles. The first kappa shape index (κ1) is 9.64. The van der Waals surface area contributed by atoms with Crippen molar-refractivity contribution >= 4 is 22.6 Å². The zero-order valence-corrected chi connectivity index (χ0v) is 9.85. The Bertz CT molecular complexity index is 439. The Hall–Kier alpha value is -0.910. The maximum Gasteiger partial charge on any atom is 0.223 e. The van der Waals surface area contributed by atoms with Gasteiger partial charge in [-0.15, -0.1) is 0 Å². The maximum atomic E-state index is 4.90. The molecule has 1 heterocycles. The van der Waals surface area contributed by atoms with Gasteiger partial charge in [-0.05, 0) is 40.3 Å². The third kappa shape index (κ3) is 2.31. The summed E-state index contributed by atoms with van der Waals surface area (Å²) in [6, 6.07) is 8.27. The van der Waals surface area contributed by atoms with Crippen LogP contribution in [0.5, 0.6) is 0 Å². The van der Waals surface area contributed by atoms with E-state index in [1.165, 1.54) is 9.13 Å². The molecule has 3 nitrogen and oxygen atoms in total. The van der Waals surface area contributed by atoms with E-state index in [2.05, 4.69) is 50.9 Å². The van der Waals surface area contributed by atoms with Crippen molar-refractivity contribution in [2.24, 2.45) is 0 Å². The molecule has 4 heteroatoms. The van der Waals surface area contributed by atoms with Crippen molar-refractivity contribution in [3.8, 4) is 0 Å². The van der Waals surface area contributed by atoms with E-state index in [4.69, 9.17) is 4.52 Å². The van der Waals surface area contributed by atoms with Gasteiger partial charge in [0.25, 0.3) is 0 Å². The van der Waals surface area contributed by atoms with Gasteiger partial charge in [-0.2, -0.15) is 4.98 Å². The first-order chi connectivity index (χ1) is 6.74. The van der Waals surface area contributed by atoms with Gasteiger partial charge in [0.2, 0.25) is 5.89 Å². The number of halogens is 1. The van der Waals surface area contributed by atoms with E-state index in [1.54, 1.807) is 6.92 Å². The molecule has 72 valence electrons. The van der Waals surface area contributed by atoms with Crippen LogP contribution in [0.2, 0.25) is 0 Å². The smallest absolute Gasteiger partial charge is 0.223 e. The lowest BCUT2D eigenvalue weighted by atomic mass is 10.1. The number of hydrogen-bond acceptors (Lipinski definition) is 3. The van der Waals surface area contributed by atoms with E-state index >= 15 is 0 Å². The molecule has 0 bridgehead atoms. The first-order valence-electron chi connectivity index (χ1n) is 4.27. The van der Waals surface area contributed by atoms with Gasteiger partial charge in [0, 0.05) is 16.9 Å². The number of hydrogen-bond donors (Lipinski definition) is 0. The second kappa shape index (κ2) is 4.08. The molecule has 0 aliphatic carbocycles. The number of aryl methyl sites for hydroxylation is 1. The van der Waals surface area contributed by atoms with Crippen LogP contribution in [0.4, 0.5) is 0 Å². The highest BCUT2D eigenvalue weighted by Crippen LogP contribution is 2.10. The molecule has 0 saturated carbocycles. The molecule has 0 unspecified atom stereocenters. The Morgan fingerprint density at radius 2 is 2.29 bits per heavy atom. The van der Waals surface area contributed by atoms with Gasteiger partial charge < -0.3 is 4.52 Å². The number of nitrogens with zero attached hydrogens (tertiary/aromatic N) is 2. The van der Waals surface area contributed by atoms with E-state index in [9.17, 15) is 0 Å². The fourth-order valence-corrected chi connectivity index (χ4v) is 1.85. The summed E-state index contributed by atoms with van der Waals surface area (Å²) in [5.41, 5.74) is 1.21. The predicted molar refractivity (Wildman–Crippen MR) is 61.0 cm³/mol. The number of aromatic nitrogens is 2. The van der Waals surface area contributed by atoms with Crippen LogP contribution in [-0.2, 0) is 6.42 Å². The van der Waals surface area contributed by atoms with Gasteiger partial charge in [0.15, 0.2) is 5.82 Å². The van der Waals surface area contributed by atoms with Crippen LogP contribution in [0, 0.1) is 10.5 Å². The normalized spacial score (nSPS) is 10.4. The zero-order chi connectivity index (χ0) is 9.97. The van der Waals surface area contributed by atoms with Crippen molar-refractivity contribution in [3.05, 3.63) is 45.1 Å². The molecular formula is C10H9IN2O. The summed E-state index contributed by atoms with van der Waals surface area (Å²) in [4.78, 5) is 4.16. The van der Waals surface area contributed by atoms with Gasteiger partial charge in [-0.3, -0.25) is 0 Å². The predicted octanol–water partition coefficient (Wildman–Crippen LogP) is 2.57. The lowest BCUT2D eigenvalue weighted by Crippen LogP contribution is -1.90. The van der Waals surface area contributed by atoms with E-state index in [0.717, 1.165) is 12.2 Å². The van der Waals surface area contributed by atoms with Crippen molar-refractivity contribution in [2.75, 3.05) is 0 Å². The average Bonchev–Trinajstić information content (AvgIpc) is 2.51. The molecule has 0 amide bonds. The number of rotatable bonds is 2. The standard InChI is InChI=1S/C10H9IN2O/c1-7-12-10(13-14-7)6-8-3-2-4-9(11)5-8/h2-5H,6H2,1H3. The largest absolute Gasteiger partial charge is 0.340 e. The lowest BCUT2D eigenvalue weighted by molar-refractivity contribution is 0.388. The summed E-state index contributed by atoms with van der Waals surface area (Å²) < 4.78 is 6.13. The molecule has 0 spiro atoms. The van der Waals surface area contributed by atoms with E-state index < -0.39 is 0 Å². The van der Waals surface area contributed by atoms with Crippen LogP contribution in [0.3, 0.4) is 0 Å². The van der Waals surface area contributed by atoms with Gasteiger partial charge in [0.1, 0.15) is 0 Å². The quantitative estimate of drug-likeness (QED) is 0.800. The molecule has 14 heavy (non-hydrogen) atoms. The molecule has 0 N–H and O–H groups in total. The van der Waals surface area contributed by atoms with Crippen molar-refractivity contribution in [2.45, 2.75) is 13.3 Å². The summed E-state index contributed by atoms with van der Waals surface area (Å²) in [5.74, 6) is 1.36. The molecule has 0 aliphatic rings. The monoisotopic (exact) mass is 300 g/mol. The second-order valence-corrected chi connectivity index (χ2v) is 4.28. The molecule has 0 atom stereocenters. The van der Waals surface area contributed by atoms with Gasteiger partial charge in [0.05, 0.1) is 0 Å². The summed E-state index contributed by atoms with van der Waals surface area (Å²) >= 11 is 2.29.